The van der Waals surface area contributed by atoms with Gasteiger partial charge < -0.3 is 32.7 Å². The maximum Gasteiger partial charge on any atom is 0.267 e. The van der Waals surface area contributed by atoms with Gasteiger partial charge in [0, 0.05) is 33.1 Å². The molecule has 0 rings (SSSR count). The number of unbranched alkanes of at least 4 members (excludes halogenated alkanes) is 1. The molecule has 0 aromatic rings. The highest BCUT2D eigenvalue weighted by atomic mass is 16.2. The lowest BCUT2D eigenvalue weighted by Crippen LogP contribution is -2.38. The number of amides is 2. The number of guanidine groups is 1. The van der Waals surface area contributed by atoms with Gasteiger partial charge in [0.25, 0.3) is 5.91 Å². The summed E-state index contributed by atoms with van der Waals surface area (Å²) in [4.78, 5) is 39.8. The van der Waals surface area contributed by atoms with Crippen molar-refractivity contribution in [1.29, 1.82) is 0 Å². The molecule has 0 saturated heterocycles. The lowest BCUT2D eigenvalue weighted by Gasteiger charge is -2.16. The molecule has 0 unspecified atom stereocenters. The third-order valence-corrected chi connectivity index (χ3v) is 3.90. The highest BCUT2D eigenvalue weighted by Gasteiger charge is 2.16. The Labute approximate surface area is 178 Å². The number of ketones is 1. The van der Waals surface area contributed by atoms with Crippen LogP contribution in [-0.4, -0.2) is 56.3 Å². The van der Waals surface area contributed by atoms with Gasteiger partial charge in [-0.05, 0) is 32.3 Å². The van der Waals surface area contributed by atoms with Gasteiger partial charge in [-0.25, -0.2) is 0 Å². The van der Waals surface area contributed by atoms with Gasteiger partial charge in [-0.3, -0.25) is 19.4 Å². The van der Waals surface area contributed by atoms with Gasteiger partial charge in [-0.2, -0.15) is 0 Å². The van der Waals surface area contributed by atoms with Gasteiger partial charge in [0.1, 0.15) is 5.70 Å². The first-order chi connectivity index (χ1) is 14.2. The van der Waals surface area contributed by atoms with Gasteiger partial charge in [0.15, 0.2) is 11.7 Å². The van der Waals surface area contributed by atoms with Crippen LogP contribution in [0.1, 0.15) is 33.6 Å². The Hall–Kier alpha value is -3.14. The zero-order valence-corrected chi connectivity index (χ0v) is 18.1. The van der Waals surface area contributed by atoms with Gasteiger partial charge in [0.2, 0.25) is 5.91 Å². The predicted molar refractivity (Wildman–Crippen MR) is 119 cm³/mol. The van der Waals surface area contributed by atoms with Crippen molar-refractivity contribution in [2.75, 3.05) is 32.7 Å². The van der Waals surface area contributed by atoms with E-state index >= 15 is 0 Å². The normalized spacial score (nSPS) is 11.8. The number of nitrogens with two attached hydrogens (primary N) is 2. The van der Waals surface area contributed by atoms with Gasteiger partial charge in [-0.1, -0.05) is 18.7 Å². The van der Waals surface area contributed by atoms with Crippen molar-refractivity contribution in [2.24, 2.45) is 16.5 Å². The first-order valence-corrected chi connectivity index (χ1v) is 9.81. The topological polar surface area (TPSA) is 164 Å². The summed E-state index contributed by atoms with van der Waals surface area (Å²) >= 11 is 0. The number of rotatable bonds is 15. The van der Waals surface area contributed by atoms with Crippen molar-refractivity contribution in [1.82, 2.24) is 21.3 Å². The van der Waals surface area contributed by atoms with E-state index in [0.717, 1.165) is 6.42 Å². The third-order valence-electron chi connectivity index (χ3n) is 3.90. The number of Topliss-reactive ketones (excluding diaryl/α,β-unsaturated/α-hetero) is 1. The lowest BCUT2D eigenvalue weighted by atomic mass is 10.1. The minimum Gasteiger partial charge on any atom is -0.370 e. The number of nitrogens with zero attached hydrogens (tertiary/aromatic N) is 1. The summed E-state index contributed by atoms with van der Waals surface area (Å²) in [5.41, 5.74) is 11.7. The molecule has 0 aliphatic rings. The van der Waals surface area contributed by atoms with Crippen LogP contribution in [0.2, 0.25) is 0 Å². The summed E-state index contributed by atoms with van der Waals surface area (Å²) in [5, 5.41) is 11.3. The smallest absolute Gasteiger partial charge is 0.267 e. The van der Waals surface area contributed by atoms with Crippen LogP contribution >= 0.6 is 0 Å². The monoisotopic (exact) mass is 421 g/mol. The molecule has 10 nitrogen and oxygen atoms in total. The Morgan fingerprint density at radius 1 is 1.03 bits per heavy atom. The standard InChI is InChI=1S/C20H35N7O3/c1-5-14(3)18(17(29)13-23-11-12-24-15(4)28)27-16(6-2)19(30)25-9-7-8-10-26-20(21)22/h5-6,23,27H,1,7-13H2,2-4H3,(H,24,28)(H,25,30)(H4,21,22,26)/b16-6-,18-14-. The van der Waals surface area contributed by atoms with Gasteiger partial charge >= 0.3 is 0 Å². The van der Waals surface area contributed by atoms with E-state index in [-0.39, 0.29) is 41.5 Å². The fraction of sp³-hybridized carbons (Fsp3) is 0.500. The van der Waals surface area contributed by atoms with Crippen molar-refractivity contribution >= 4 is 23.6 Å². The molecule has 8 N–H and O–H groups in total. The number of aliphatic imine (C=N–C) groups is 1. The van der Waals surface area contributed by atoms with E-state index < -0.39 is 0 Å². The van der Waals surface area contributed by atoms with E-state index in [1.165, 1.54) is 6.92 Å². The molecule has 0 radical (unpaired) electrons. The Bertz CT molecular complexity index is 693. The van der Waals surface area contributed by atoms with Crippen LogP contribution in [0, 0.1) is 0 Å². The summed E-state index contributed by atoms with van der Waals surface area (Å²) in [7, 11) is 0. The molecule has 0 atom stereocenters. The Kier molecular flexibility index (Phi) is 14.1. The number of hydrogen-bond donors (Lipinski definition) is 6. The largest absolute Gasteiger partial charge is 0.370 e. The second-order valence-electron chi connectivity index (χ2n) is 6.44. The Morgan fingerprint density at radius 2 is 1.73 bits per heavy atom. The van der Waals surface area contributed by atoms with Crippen LogP contribution < -0.4 is 32.7 Å². The molecule has 0 aromatic carbocycles. The highest BCUT2D eigenvalue weighted by Crippen LogP contribution is 2.07. The number of allylic oxidation sites excluding steroid dienone is 3. The number of carbonyl (C=O) groups excluding carboxylic acids is 3. The maximum absolute atomic E-state index is 12.6. The summed E-state index contributed by atoms with van der Waals surface area (Å²) in [6, 6.07) is 0. The first-order valence-electron chi connectivity index (χ1n) is 9.81. The summed E-state index contributed by atoms with van der Waals surface area (Å²) in [5.74, 6) is -0.627. The fourth-order valence-electron chi connectivity index (χ4n) is 2.24. The van der Waals surface area contributed by atoms with Crippen molar-refractivity contribution in [3.05, 3.63) is 35.7 Å². The van der Waals surface area contributed by atoms with Crippen molar-refractivity contribution < 1.29 is 14.4 Å². The molecule has 0 fully saturated rings. The predicted octanol–water partition coefficient (Wildman–Crippen LogP) is -0.596. The molecule has 2 amide bonds. The van der Waals surface area contributed by atoms with Gasteiger partial charge in [0.05, 0.1) is 12.2 Å². The van der Waals surface area contributed by atoms with Crippen LogP contribution in [0.4, 0.5) is 0 Å². The maximum atomic E-state index is 12.6. The number of hydrogen-bond acceptors (Lipinski definition) is 6. The molecular formula is C20H35N7O3. The molecule has 30 heavy (non-hydrogen) atoms. The SMILES string of the molecule is C=C/C(C)=C(\N/C(=C\C)C(=O)NCCCCN=C(N)N)C(=O)CNCCNC(C)=O. The number of carbonyl (C=O) groups is 3. The molecule has 168 valence electrons. The van der Waals surface area contributed by atoms with Crippen molar-refractivity contribution in [3.63, 3.8) is 0 Å². The second kappa shape index (κ2) is 15.7. The average molecular weight is 422 g/mol. The average Bonchev–Trinajstić information content (AvgIpc) is 2.69. The lowest BCUT2D eigenvalue weighted by molar-refractivity contribution is -0.119. The molecule has 0 aliphatic heterocycles. The molecule has 0 bridgehead atoms. The van der Waals surface area contributed by atoms with Crippen LogP contribution in [0.3, 0.4) is 0 Å². The number of nitrogens with one attached hydrogen (secondary N) is 4. The molecule has 0 saturated carbocycles. The molecule has 10 heteroatoms. The minimum absolute atomic E-state index is 0.0469. The van der Waals surface area contributed by atoms with Gasteiger partial charge in [-0.15, -0.1) is 0 Å². The quantitative estimate of drug-likeness (QED) is 0.0676. The Balaban J connectivity index is 4.72. The Morgan fingerprint density at radius 3 is 2.30 bits per heavy atom. The van der Waals surface area contributed by atoms with Crippen LogP contribution in [0.15, 0.2) is 40.7 Å². The van der Waals surface area contributed by atoms with Crippen molar-refractivity contribution in [2.45, 2.75) is 33.6 Å². The van der Waals surface area contributed by atoms with E-state index in [1.54, 1.807) is 26.0 Å². The molecule has 0 heterocycles. The van der Waals surface area contributed by atoms with E-state index in [2.05, 4.69) is 32.8 Å². The van der Waals surface area contributed by atoms with E-state index in [9.17, 15) is 14.4 Å². The minimum atomic E-state index is -0.319. The summed E-state index contributed by atoms with van der Waals surface area (Å²) in [6.07, 6.45) is 4.60. The fourth-order valence-corrected chi connectivity index (χ4v) is 2.24. The summed E-state index contributed by atoms with van der Waals surface area (Å²) in [6.45, 7) is 10.4. The zero-order valence-electron chi connectivity index (χ0n) is 18.1. The van der Waals surface area contributed by atoms with Crippen molar-refractivity contribution in [3.8, 4) is 0 Å². The molecular weight excluding hydrogens is 386 g/mol. The van der Waals surface area contributed by atoms with E-state index in [1.807, 2.05) is 0 Å². The highest BCUT2D eigenvalue weighted by molar-refractivity contribution is 6.00. The molecule has 0 aromatic heterocycles. The molecule has 0 spiro atoms. The second-order valence-corrected chi connectivity index (χ2v) is 6.44. The zero-order chi connectivity index (χ0) is 22.9. The van der Waals surface area contributed by atoms with E-state index in [0.29, 0.717) is 38.2 Å². The summed E-state index contributed by atoms with van der Waals surface area (Å²) < 4.78 is 0. The van der Waals surface area contributed by atoms with Crippen LogP contribution in [-0.2, 0) is 14.4 Å². The third kappa shape index (κ3) is 12.3. The van der Waals surface area contributed by atoms with Crippen LogP contribution in [0.25, 0.3) is 0 Å². The molecule has 0 aliphatic carbocycles. The van der Waals surface area contributed by atoms with Crippen LogP contribution in [0.5, 0.6) is 0 Å². The van der Waals surface area contributed by atoms with E-state index in [4.69, 9.17) is 11.5 Å². The first kappa shape index (κ1) is 26.9.